The highest BCUT2D eigenvalue weighted by atomic mass is 16.5. The van der Waals surface area contributed by atoms with Crippen LogP contribution in [-0.2, 0) is 12.1 Å². The van der Waals surface area contributed by atoms with Gasteiger partial charge in [0.2, 0.25) is 0 Å². The molecule has 0 saturated carbocycles. The summed E-state index contributed by atoms with van der Waals surface area (Å²) in [7, 11) is 0. The van der Waals surface area contributed by atoms with Crippen LogP contribution in [0.1, 0.15) is 25.1 Å². The molecular weight excluding hydrogens is 280 g/mol. The number of benzene rings is 1. The van der Waals surface area contributed by atoms with Gasteiger partial charge in [-0.15, -0.1) is 0 Å². The molecule has 1 unspecified atom stereocenters. The summed E-state index contributed by atoms with van der Waals surface area (Å²) in [4.78, 5) is 4.41. The number of hydrogen-bond acceptors (Lipinski definition) is 4. The Morgan fingerprint density at radius 2 is 2.05 bits per heavy atom. The molecule has 2 aromatic rings. The quantitative estimate of drug-likeness (QED) is 0.558. The second-order valence-corrected chi connectivity index (χ2v) is 5.18. The molecule has 0 radical (unpaired) electrons. The lowest BCUT2D eigenvalue weighted by Gasteiger charge is -2.25. The van der Waals surface area contributed by atoms with Crippen LogP contribution in [0.15, 0.2) is 52.2 Å². The summed E-state index contributed by atoms with van der Waals surface area (Å²) in [5, 5.41) is 20.7. The molecule has 1 heterocycles. The second kappa shape index (κ2) is 7.61. The Bertz CT molecular complexity index is 579. The molecule has 0 amide bonds. The van der Waals surface area contributed by atoms with Crippen molar-refractivity contribution in [2.45, 2.75) is 26.0 Å². The van der Waals surface area contributed by atoms with E-state index in [0.29, 0.717) is 19.0 Å². The van der Waals surface area contributed by atoms with Gasteiger partial charge in [-0.25, -0.2) is 4.99 Å². The normalized spacial score (nSPS) is 14.4. The molecule has 1 aromatic heterocycles. The predicted octanol–water partition coefficient (Wildman–Crippen LogP) is 1.64. The number of rotatable bonds is 6. The van der Waals surface area contributed by atoms with Crippen molar-refractivity contribution in [1.29, 1.82) is 0 Å². The summed E-state index contributed by atoms with van der Waals surface area (Å²) in [6.45, 7) is 5.26. The van der Waals surface area contributed by atoms with E-state index < -0.39 is 5.60 Å². The zero-order chi connectivity index (χ0) is 15.8. The molecule has 0 aliphatic carbocycles. The van der Waals surface area contributed by atoms with Crippen LogP contribution < -0.4 is 10.6 Å². The molecule has 2 rings (SSSR count). The monoisotopic (exact) mass is 302 g/mol. The van der Waals surface area contributed by atoms with E-state index in [4.69, 9.17) is 4.52 Å². The summed E-state index contributed by atoms with van der Waals surface area (Å²) in [5.74, 6) is 0.627. The van der Waals surface area contributed by atoms with Crippen molar-refractivity contribution in [3.8, 4) is 0 Å². The third-order valence-electron chi connectivity index (χ3n) is 3.23. The van der Waals surface area contributed by atoms with E-state index in [9.17, 15) is 5.11 Å². The van der Waals surface area contributed by atoms with Gasteiger partial charge < -0.3 is 20.3 Å². The van der Waals surface area contributed by atoms with Crippen molar-refractivity contribution in [2.75, 3.05) is 13.1 Å². The minimum atomic E-state index is -0.981. The van der Waals surface area contributed by atoms with Gasteiger partial charge in [-0.3, -0.25) is 0 Å². The number of nitrogens with one attached hydrogen (secondary N) is 2. The zero-order valence-corrected chi connectivity index (χ0v) is 12.9. The van der Waals surface area contributed by atoms with Crippen molar-refractivity contribution in [3.63, 3.8) is 0 Å². The third kappa shape index (κ3) is 4.60. The fourth-order valence-corrected chi connectivity index (χ4v) is 1.98. The third-order valence-corrected chi connectivity index (χ3v) is 3.23. The van der Waals surface area contributed by atoms with Crippen molar-refractivity contribution < 1.29 is 9.63 Å². The molecule has 1 atom stereocenters. The first-order chi connectivity index (χ1) is 10.6. The van der Waals surface area contributed by atoms with Crippen LogP contribution in [-0.4, -0.2) is 29.3 Å². The molecule has 0 bridgehead atoms. The Hall–Kier alpha value is -2.34. The fraction of sp³-hybridized carbons (Fsp3) is 0.375. The molecule has 6 heteroatoms. The van der Waals surface area contributed by atoms with Crippen molar-refractivity contribution in [2.24, 2.45) is 4.99 Å². The van der Waals surface area contributed by atoms with Gasteiger partial charge in [-0.1, -0.05) is 35.5 Å². The van der Waals surface area contributed by atoms with Crippen molar-refractivity contribution in [1.82, 2.24) is 15.8 Å². The average molecular weight is 302 g/mol. The topological polar surface area (TPSA) is 82.7 Å². The largest absolute Gasteiger partial charge is 0.384 e. The van der Waals surface area contributed by atoms with E-state index in [2.05, 4.69) is 20.8 Å². The molecule has 3 N–H and O–H groups in total. The molecule has 0 spiro atoms. The fourth-order valence-electron chi connectivity index (χ4n) is 1.98. The molecule has 22 heavy (non-hydrogen) atoms. The van der Waals surface area contributed by atoms with Gasteiger partial charge >= 0.3 is 0 Å². The molecule has 1 aromatic carbocycles. The lowest BCUT2D eigenvalue weighted by molar-refractivity contribution is 0.0617. The van der Waals surface area contributed by atoms with Crippen LogP contribution in [0.4, 0.5) is 0 Å². The number of aromatic nitrogens is 1. The van der Waals surface area contributed by atoms with Gasteiger partial charge in [-0.2, -0.15) is 0 Å². The lowest BCUT2D eigenvalue weighted by Crippen LogP contribution is -2.44. The predicted molar refractivity (Wildman–Crippen MR) is 85.3 cm³/mol. The Kier molecular flexibility index (Phi) is 5.55. The second-order valence-electron chi connectivity index (χ2n) is 5.18. The molecule has 0 fully saturated rings. The van der Waals surface area contributed by atoms with Crippen LogP contribution in [0.5, 0.6) is 0 Å². The first kappa shape index (κ1) is 16.0. The van der Waals surface area contributed by atoms with E-state index in [1.807, 2.05) is 37.3 Å². The smallest absolute Gasteiger partial charge is 0.191 e. The summed E-state index contributed by atoms with van der Waals surface area (Å²) < 4.78 is 4.78. The highest BCUT2D eigenvalue weighted by Crippen LogP contribution is 2.18. The Morgan fingerprint density at radius 1 is 1.27 bits per heavy atom. The van der Waals surface area contributed by atoms with Crippen LogP contribution in [0, 0.1) is 0 Å². The van der Waals surface area contributed by atoms with Gasteiger partial charge in [0, 0.05) is 12.6 Å². The maximum Gasteiger partial charge on any atom is 0.191 e. The number of aliphatic imine (C=N–C) groups is 1. The van der Waals surface area contributed by atoms with E-state index in [1.165, 1.54) is 6.26 Å². The van der Waals surface area contributed by atoms with E-state index in [0.717, 1.165) is 17.8 Å². The molecule has 0 saturated heterocycles. The van der Waals surface area contributed by atoms with Gasteiger partial charge in [0.25, 0.3) is 0 Å². The average Bonchev–Trinajstić information content (AvgIpc) is 3.04. The molecular formula is C16H22N4O2. The van der Waals surface area contributed by atoms with E-state index in [1.54, 1.807) is 13.0 Å². The first-order valence-corrected chi connectivity index (χ1v) is 7.31. The summed E-state index contributed by atoms with van der Waals surface area (Å²) in [6, 6.07) is 11.3. The van der Waals surface area contributed by atoms with Gasteiger partial charge in [-0.05, 0) is 19.4 Å². The number of hydrogen-bond donors (Lipinski definition) is 3. The lowest BCUT2D eigenvalue weighted by atomic mass is 9.96. The molecule has 6 nitrogen and oxygen atoms in total. The van der Waals surface area contributed by atoms with E-state index >= 15 is 0 Å². The molecule has 0 aliphatic heterocycles. The van der Waals surface area contributed by atoms with Crippen LogP contribution in [0.3, 0.4) is 0 Å². The summed E-state index contributed by atoms with van der Waals surface area (Å²) in [6.07, 6.45) is 1.52. The number of guanidine groups is 1. The highest BCUT2D eigenvalue weighted by molar-refractivity contribution is 5.79. The standard InChI is InChI=1S/C16H22N4O2/c1-3-17-15(18-11-14-9-10-22-20-14)19-12-16(2,21)13-7-5-4-6-8-13/h4-10,21H,3,11-12H2,1-2H3,(H2,17,18,19). The van der Waals surface area contributed by atoms with Crippen LogP contribution in [0.2, 0.25) is 0 Å². The van der Waals surface area contributed by atoms with Gasteiger partial charge in [0.1, 0.15) is 17.6 Å². The van der Waals surface area contributed by atoms with Gasteiger partial charge in [0.15, 0.2) is 5.96 Å². The summed E-state index contributed by atoms with van der Waals surface area (Å²) >= 11 is 0. The highest BCUT2D eigenvalue weighted by Gasteiger charge is 2.22. The summed E-state index contributed by atoms with van der Waals surface area (Å²) in [5.41, 5.74) is 0.632. The minimum Gasteiger partial charge on any atom is -0.384 e. The van der Waals surface area contributed by atoms with Crippen molar-refractivity contribution in [3.05, 3.63) is 53.9 Å². The van der Waals surface area contributed by atoms with Crippen molar-refractivity contribution >= 4 is 5.96 Å². The van der Waals surface area contributed by atoms with Gasteiger partial charge in [0.05, 0.1) is 13.1 Å². The Balaban J connectivity index is 1.97. The van der Waals surface area contributed by atoms with Crippen LogP contribution in [0.25, 0.3) is 0 Å². The first-order valence-electron chi connectivity index (χ1n) is 7.31. The van der Waals surface area contributed by atoms with E-state index in [-0.39, 0.29) is 0 Å². The number of aliphatic hydroxyl groups is 1. The van der Waals surface area contributed by atoms with Crippen LogP contribution >= 0.6 is 0 Å². The number of nitrogens with zero attached hydrogens (tertiary/aromatic N) is 2. The minimum absolute atomic E-state index is 0.349. The maximum absolute atomic E-state index is 10.6. The molecule has 118 valence electrons. The maximum atomic E-state index is 10.6. The Morgan fingerprint density at radius 3 is 2.68 bits per heavy atom. The SMILES string of the molecule is CCNC(=NCc1ccon1)NCC(C)(O)c1ccccc1. The Labute approximate surface area is 130 Å². The molecule has 0 aliphatic rings. The zero-order valence-electron chi connectivity index (χ0n) is 12.9.